The van der Waals surface area contributed by atoms with Crippen molar-refractivity contribution in [2.75, 3.05) is 0 Å². The van der Waals surface area contributed by atoms with Gasteiger partial charge in [0.15, 0.2) is 0 Å². The van der Waals surface area contributed by atoms with Crippen LogP contribution in [0.1, 0.15) is 50.4 Å². The first-order valence-electron chi connectivity index (χ1n) is 9.45. The Morgan fingerprint density at radius 3 is 2.60 bits per heavy atom. The number of nitrogens with zero attached hydrogens (tertiary/aromatic N) is 2. The molecule has 0 saturated heterocycles. The quantitative estimate of drug-likeness (QED) is 0.723. The van der Waals surface area contributed by atoms with E-state index in [4.69, 9.17) is 0 Å². The number of carbonyl (C=O) groups is 1. The van der Waals surface area contributed by atoms with Gasteiger partial charge in [0.1, 0.15) is 0 Å². The molecule has 134 valence electrons. The van der Waals surface area contributed by atoms with Crippen molar-refractivity contribution < 1.29 is 4.79 Å². The molecule has 25 heavy (non-hydrogen) atoms. The highest BCUT2D eigenvalue weighted by Crippen LogP contribution is 2.33. The Labute approximate surface area is 151 Å². The molecule has 1 aliphatic rings. The van der Waals surface area contributed by atoms with Crippen LogP contribution in [0, 0.1) is 18.8 Å². The van der Waals surface area contributed by atoms with Gasteiger partial charge in [-0.15, -0.1) is 0 Å². The number of benzene rings is 1. The fraction of sp³-hybridized carbons (Fsp3) is 0.500. The predicted molar refractivity (Wildman–Crippen MR) is 102 cm³/mol. The molecule has 0 radical (unpaired) electrons. The van der Waals surface area contributed by atoms with Crippen molar-refractivity contribution in [2.45, 2.75) is 59.7 Å². The first-order valence-corrected chi connectivity index (χ1v) is 9.45. The lowest BCUT2D eigenvalue weighted by Gasteiger charge is -2.32. The predicted octanol–water partition coefficient (Wildman–Crippen LogP) is 4.63. The zero-order valence-electron chi connectivity index (χ0n) is 15.9. The Bertz CT molecular complexity index is 727. The fourth-order valence-corrected chi connectivity index (χ4v) is 3.28. The molecule has 1 saturated carbocycles. The Hall–Kier alpha value is -2.03. The number of aryl methyl sites for hydroxylation is 1. The molecule has 3 nitrogen and oxygen atoms in total. The molecule has 1 aromatic heterocycles. The lowest BCUT2D eigenvalue weighted by atomic mass is 10.0. The summed E-state index contributed by atoms with van der Waals surface area (Å²) in [5.41, 5.74) is 3.79. The minimum Gasteiger partial charge on any atom is -0.345 e. The number of rotatable bonds is 7. The Kier molecular flexibility index (Phi) is 5.31. The molecule has 3 rings (SSSR count). The van der Waals surface area contributed by atoms with Gasteiger partial charge in [-0.3, -0.25) is 4.79 Å². The van der Waals surface area contributed by atoms with Crippen molar-refractivity contribution in [3.63, 3.8) is 0 Å². The third-order valence-electron chi connectivity index (χ3n) is 5.36. The molecular weight excluding hydrogens is 308 g/mol. The van der Waals surface area contributed by atoms with Gasteiger partial charge in [-0.1, -0.05) is 43.7 Å². The van der Waals surface area contributed by atoms with E-state index in [0.717, 1.165) is 19.4 Å². The molecule has 1 aliphatic carbocycles. The summed E-state index contributed by atoms with van der Waals surface area (Å²) in [6, 6.07) is 13.1. The van der Waals surface area contributed by atoms with Crippen LogP contribution in [-0.2, 0) is 17.9 Å². The van der Waals surface area contributed by atoms with Crippen LogP contribution in [0.3, 0.4) is 0 Å². The molecule has 1 aromatic carbocycles. The van der Waals surface area contributed by atoms with Gasteiger partial charge < -0.3 is 9.47 Å². The van der Waals surface area contributed by atoms with Gasteiger partial charge >= 0.3 is 0 Å². The second-order valence-corrected chi connectivity index (χ2v) is 7.84. The summed E-state index contributed by atoms with van der Waals surface area (Å²) in [7, 11) is 0. The normalized spacial score (nSPS) is 15.4. The molecule has 1 atom stereocenters. The summed E-state index contributed by atoms with van der Waals surface area (Å²) in [5, 5.41) is 0. The lowest BCUT2D eigenvalue weighted by molar-refractivity contribution is -0.136. The molecule has 1 unspecified atom stereocenters. The molecule has 0 spiro atoms. The van der Waals surface area contributed by atoms with Crippen LogP contribution in [0.5, 0.6) is 0 Å². The van der Waals surface area contributed by atoms with Gasteiger partial charge in [-0.05, 0) is 50.3 Å². The Morgan fingerprint density at radius 1 is 1.20 bits per heavy atom. The third kappa shape index (κ3) is 4.33. The van der Waals surface area contributed by atoms with E-state index >= 15 is 0 Å². The Morgan fingerprint density at radius 2 is 1.96 bits per heavy atom. The molecule has 0 aliphatic heterocycles. The van der Waals surface area contributed by atoms with E-state index in [2.05, 4.69) is 79.8 Å². The van der Waals surface area contributed by atoms with Gasteiger partial charge in [0.05, 0.1) is 6.54 Å². The molecule has 1 heterocycles. The molecule has 1 amide bonds. The molecule has 1 fully saturated rings. The number of hydrogen-bond donors (Lipinski definition) is 0. The van der Waals surface area contributed by atoms with E-state index in [1.807, 2.05) is 0 Å². The van der Waals surface area contributed by atoms with E-state index in [0.29, 0.717) is 18.4 Å². The summed E-state index contributed by atoms with van der Waals surface area (Å²) >= 11 is 0. The van der Waals surface area contributed by atoms with Crippen molar-refractivity contribution in [3.8, 4) is 0 Å². The summed E-state index contributed by atoms with van der Waals surface area (Å²) in [6.45, 7) is 10.3. The van der Waals surface area contributed by atoms with Crippen LogP contribution in [0.15, 0.2) is 42.6 Å². The summed E-state index contributed by atoms with van der Waals surface area (Å²) in [5.74, 6) is 1.06. The number of amides is 1. The topological polar surface area (TPSA) is 25.2 Å². The molecule has 0 bridgehead atoms. The largest absolute Gasteiger partial charge is 0.345 e. The van der Waals surface area contributed by atoms with Crippen LogP contribution in [0.25, 0.3) is 0 Å². The maximum Gasteiger partial charge on any atom is 0.226 e. The van der Waals surface area contributed by atoms with E-state index in [-0.39, 0.29) is 12.0 Å². The second-order valence-electron chi connectivity index (χ2n) is 7.84. The third-order valence-corrected chi connectivity index (χ3v) is 5.36. The van der Waals surface area contributed by atoms with Gasteiger partial charge in [-0.25, -0.2) is 0 Å². The van der Waals surface area contributed by atoms with Crippen LogP contribution >= 0.6 is 0 Å². The zero-order chi connectivity index (χ0) is 18.0. The summed E-state index contributed by atoms with van der Waals surface area (Å²) in [6.07, 6.45) is 4.24. The molecule has 0 N–H and O–H groups in total. The average molecular weight is 338 g/mol. The average Bonchev–Trinajstić information content (AvgIpc) is 3.33. The number of carbonyl (C=O) groups excluding carboxylic acids is 1. The SMILES string of the molecule is Cc1cccc(Cn2cccc2CN(C(=O)C2CC2)C(C)C(C)C)c1. The van der Waals surface area contributed by atoms with Crippen molar-refractivity contribution in [1.29, 1.82) is 0 Å². The maximum absolute atomic E-state index is 12.8. The fourth-order valence-electron chi connectivity index (χ4n) is 3.28. The number of hydrogen-bond acceptors (Lipinski definition) is 1. The maximum atomic E-state index is 12.8. The molecule has 2 aromatic rings. The van der Waals surface area contributed by atoms with Crippen LogP contribution in [0.4, 0.5) is 0 Å². The standard InChI is InChI=1S/C22H30N2O/c1-16(2)18(4)24(22(25)20-10-11-20)15-21-9-6-12-23(21)14-19-8-5-7-17(3)13-19/h5-9,12-13,16,18,20H,10-11,14-15H2,1-4H3. The van der Waals surface area contributed by atoms with E-state index in [9.17, 15) is 4.79 Å². The van der Waals surface area contributed by atoms with Gasteiger partial charge in [0, 0.05) is 30.4 Å². The van der Waals surface area contributed by atoms with Gasteiger partial charge in [0.25, 0.3) is 0 Å². The highest BCUT2D eigenvalue weighted by atomic mass is 16.2. The first kappa shape index (κ1) is 17.8. The van der Waals surface area contributed by atoms with Crippen molar-refractivity contribution >= 4 is 5.91 Å². The van der Waals surface area contributed by atoms with E-state index < -0.39 is 0 Å². The van der Waals surface area contributed by atoms with Crippen LogP contribution in [-0.4, -0.2) is 21.4 Å². The summed E-state index contributed by atoms with van der Waals surface area (Å²) < 4.78 is 2.27. The van der Waals surface area contributed by atoms with Gasteiger partial charge in [-0.2, -0.15) is 0 Å². The number of aromatic nitrogens is 1. The highest BCUT2D eigenvalue weighted by molar-refractivity contribution is 5.81. The van der Waals surface area contributed by atoms with Crippen LogP contribution in [0.2, 0.25) is 0 Å². The van der Waals surface area contributed by atoms with Crippen molar-refractivity contribution in [2.24, 2.45) is 11.8 Å². The van der Waals surface area contributed by atoms with Crippen molar-refractivity contribution in [3.05, 3.63) is 59.4 Å². The zero-order valence-corrected chi connectivity index (χ0v) is 15.9. The smallest absolute Gasteiger partial charge is 0.226 e. The minimum atomic E-state index is 0.260. The van der Waals surface area contributed by atoms with E-state index in [1.54, 1.807) is 0 Å². The Balaban J connectivity index is 1.78. The highest BCUT2D eigenvalue weighted by Gasteiger charge is 2.36. The minimum absolute atomic E-state index is 0.260. The first-order chi connectivity index (χ1) is 12.0. The van der Waals surface area contributed by atoms with E-state index in [1.165, 1.54) is 16.8 Å². The molecular formula is C22H30N2O. The molecule has 3 heteroatoms. The summed E-state index contributed by atoms with van der Waals surface area (Å²) in [4.78, 5) is 14.9. The lowest BCUT2D eigenvalue weighted by Crippen LogP contribution is -2.42. The van der Waals surface area contributed by atoms with Gasteiger partial charge in [0.2, 0.25) is 5.91 Å². The van der Waals surface area contributed by atoms with Crippen LogP contribution < -0.4 is 0 Å². The monoisotopic (exact) mass is 338 g/mol. The second kappa shape index (κ2) is 7.47. The van der Waals surface area contributed by atoms with Crippen molar-refractivity contribution in [1.82, 2.24) is 9.47 Å².